The van der Waals surface area contributed by atoms with Gasteiger partial charge >= 0.3 is 0 Å². The van der Waals surface area contributed by atoms with E-state index < -0.39 is 0 Å². The van der Waals surface area contributed by atoms with Crippen LogP contribution in [-0.4, -0.2) is 67.0 Å². The first-order valence-corrected chi connectivity index (χ1v) is 8.07. The minimum Gasteiger partial charge on any atom is -0.381 e. The number of amides is 2. The van der Waals surface area contributed by atoms with E-state index in [4.69, 9.17) is 10.5 Å². The number of rotatable bonds is 5. The molecular weight excluding hydrogens is 294 g/mol. The number of likely N-dealkylation sites (tertiary alicyclic amines) is 1. The molecule has 2 heterocycles. The van der Waals surface area contributed by atoms with Gasteiger partial charge in [0.15, 0.2) is 0 Å². The van der Waals surface area contributed by atoms with E-state index in [9.17, 15) is 9.59 Å². The third-order valence-electron chi connectivity index (χ3n) is 4.88. The molecule has 0 aliphatic carbocycles. The minimum atomic E-state index is -0.193. The second-order valence-electron chi connectivity index (χ2n) is 6.12. The van der Waals surface area contributed by atoms with Gasteiger partial charge in [-0.2, -0.15) is 0 Å². The van der Waals surface area contributed by atoms with Crippen molar-refractivity contribution in [2.75, 3.05) is 33.3 Å². The molecular formula is C17H23N3O3. The number of carbonyl (C=O) groups excluding carboxylic acids is 2. The number of nitrogens with zero attached hydrogens (tertiary/aromatic N) is 2. The maximum Gasteiger partial charge on any atom is 0.261 e. The van der Waals surface area contributed by atoms with Crippen molar-refractivity contribution in [3.8, 4) is 0 Å². The zero-order valence-corrected chi connectivity index (χ0v) is 13.4. The third-order valence-corrected chi connectivity index (χ3v) is 4.88. The van der Waals surface area contributed by atoms with Gasteiger partial charge in [-0.25, -0.2) is 0 Å². The highest BCUT2D eigenvalue weighted by molar-refractivity contribution is 6.21. The standard InChI is InChI=1S/C17H23N3O3/c1-23-13-6-7-19(12(10-13)11-18)8-9-20-16(21)14-4-2-3-5-15(14)17(20)22/h2-5,12-13H,6-11,18H2,1H3. The number of benzene rings is 1. The van der Waals surface area contributed by atoms with Gasteiger partial charge in [0.2, 0.25) is 0 Å². The lowest BCUT2D eigenvalue weighted by atomic mass is 9.99. The summed E-state index contributed by atoms with van der Waals surface area (Å²) in [6.07, 6.45) is 2.10. The minimum absolute atomic E-state index is 0.193. The fourth-order valence-corrected chi connectivity index (χ4v) is 3.49. The van der Waals surface area contributed by atoms with Crippen molar-refractivity contribution in [2.45, 2.75) is 25.0 Å². The number of ether oxygens (including phenoxy) is 1. The molecule has 1 saturated heterocycles. The van der Waals surface area contributed by atoms with Crippen LogP contribution in [0.15, 0.2) is 24.3 Å². The summed E-state index contributed by atoms with van der Waals surface area (Å²) in [5.74, 6) is -0.386. The van der Waals surface area contributed by atoms with Crippen molar-refractivity contribution >= 4 is 11.8 Å². The van der Waals surface area contributed by atoms with Crippen LogP contribution in [0.3, 0.4) is 0 Å². The number of nitrogens with two attached hydrogens (primary N) is 1. The van der Waals surface area contributed by atoms with Crippen molar-refractivity contribution in [3.05, 3.63) is 35.4 Å². The monoisotopic (exact) mass is 317 g/mol. The van der Waals surface area contributed by atoms with Crippen LogP contribution in [0.2, 0.25) is 0 Å². The molecule has 0 aromatic heterocycles. The molecule has 0 saturated carbocycles. The predicted molar refractivity (Wildman–Crippen MR) is 86.3 cm³/mol. The average Bonchev–Trinajstić information content (AvgIpc) is 2.84. The molecule has 6 heteroatoms. The first-order chi connectivity index (χ1) is 11.2. The maximum atomic E-state index is 12.4. The van der Waals surface area contributed by atoms with E-state index in [0.29, 0.717) is 30.8 Å². The Bertz CT molecular complexity index is 570. The molecule has 2 amide bonds. The zero-order valence-electron chi connectivity index (χ0n) is 13.4. The van der Waals surface area contributed by atoms with Crippen molar-refractivity contribution in [2.24, 2.45) is 5.73 Å². The highest BCUT2D eigenvalue weighted by atomic mass is 16.5. The summed E-state index contributed by atoms with van der Waals surface area (Å²) in [5.41, 5.74) is 6.88. The first-order valence-electron chi connectivity index (χ1n) is 8.07. The summed E-state index contributed by atoms with van der Waals surface area (Å²) < 4.78 is 5.43. The number of hydrogen-bond donors (Lipinski definition) is 1. The molecule has 6 nitrogen and oxygen atoms in total. The van der Waals surface area contributed by atoms with E-state index in [2.05, 4.69) is 4.90 Å². The van der Waals surface area contributed by atoms with Crippen LogP contribution >= 0.6 is 0 Å². The number of fused-ring (bicyclic) bond motifs is 1. The molecule has 0 bridgehead atoms. The Morgan fingerprint density at radius 1 is 1.17 bits per heavy atom. The van der Waals surface area contributed by atoms with Crippen LogP contribution in [0, 0.1) is 0 Å². The van der Waals surface area contributed by atoms with Gasteiger partial charge in [0.1, 0.15) is 0 Å². The summed E-state index contributed by atoms with van der Waals surface area (Å²) in [4.78, 5) is 28.4. The van der Waals surface area contributed by atoms with E-state index in [1.807, 2.05) is 0 Å². The number of carbonyl (C=O) groups is 2. The molecule has 3 rings (SSSR count). The number of imide groups is 1. The topological polar surface area (TPSA) is 75.9 Å². The molecule has 2 aliphatic rings. The molecule has 0 radical (unpaired) electrons. The van der Waals surface area contributed by atoms with Gasteiger partial charge in [0.05, 0.1) is 17.2 Å². The van der Waals surface area contributed by atoms with E-state index in [-0.39, 0.29) is 24.0 Å². The molecule has 23 heavy (non-hydrogen) atoms. The molecule has 2 unspecified atom stereocenters. The Morgan fingerprint density at radius 2 is 1.83 bits per heavy atom. The number of hydrogen-bond acceptors (Lipinski definition) is 5. The SMILES string of the molecule is COC1CCN(CCN2C(=O)c3ccccc3C2=O)C(CN)C1. The van der Waals surface area contributed by atoms with Crippen LogP contribution in [0.1, 0.15) is 33.6 Å². The molecule has 2 N–H and O–H groups in total. The van der Waals surface area contributed by atoms with Gasteiger partial charge in [0.25, 0.3) is 11.8 Å². The van der Waals surface area contributed by atoms with Crippen molar-refractivity contribution in [1.82, 2.24) is 9.80 Å². The first kappa shape index (κ1) is 16.1. The van der Waals surface area contributed by atoms with Crippen molar-refractivity contribution in [3.63, 3.8) is 0 Å². The molecule has 2 aliphatic heterocycles. The lowest BCUT2D eigenvalue weighted by molar-refractivity contribution is 0.0106. The Balaban J connectivity index is 1.63. The van der Waals surface area contributed by atoms with Gasteiger partial charge in [-0.1, -0.05) is 12.1 Å². The van der Waals surface area contributed by atoms with Crippen molar-refractivity contribution < 1.29 is 14.3 Å². The van der Waals surface area contributed by atoms with E-state index >= 15 is 0 Å². The summed E-state index contributed by atoms with van der Waals surface area (Å²) >= 11 is 0. The largest absolute Gasteiger partial charge is 0.381 e. The van der Waals surface area contributed by atoms with Gasteiger partial charge in [-0.15, -0.1) is 0 Å². The van der Waals surface area contributed by atoms with E-state index in [0.717, 1.165) is 19.4 Å². The Kier molecular flexibility index (Phi) is 4.75. The van der Waals surface area contributed by atoms with Crippen LogP contribution in [-0.2, 0) is 4.74 Å². The normalized spacial score (nSPS) is 25.0. The Morgan fingerprint density at radius 3 is 2.39 bits per heavy atom. The van der Waals surface area contributed by atoms with Gasteiger partial charge in [-0.3, -0.25) is 19.4 Å². The highest BCUT2D eigenvalue weighted by Crippen LogP contribution is 2.23. The molecule has 124 valence electrons. The summed E-state index contributed by atoms with van der Waals surface area (Å²) in [7, 11) is 1.73. The van der Waals surface area contributed by atoms with Gasteiger partial charge < -0.3 is 10.5 Å². The zero-order chi connectivity index (χ0) is 16.4. The third kappa shape index (κ3) is 3.02. The quantitative estimate of drug-likeness (QED) is 0.810. The smallest absolute Gasteiger partial charge is 0.261 e. The highest BCUT2D eigenvalue weighted by Gasteiger charge is 2.36. The maximum absolute atomic E-state index is 12.4. The molecule has 1 fully saturated rings. The van der Waals surface area contributed by atoms with Gasteiger partial charge in [0, 0.05) is 39.3 Å². The Hall–Kier alpha value is -1.76. The average molecular weight is 317 g/mol. The summed E-state index contributed by atoms with van der Waals surface area (Å²) in [5, 5.41) is 0. The summed E-state index contributed by atoms with van der Waals surface area (Å²) in [6, 6.07) is 7.23. The molecule has 2 atom stereocenters. The number of piperidine rings is 1. The van der Waals surface area contributed by atoms with Crippen LogP contribution in [0.5, 0.6) is 0 Å². The van der Waals surface area contributed by atoms with Crippen LogP contribution < -0.4 is 5.73 Å². The van der Waals surface area contributed by atoms with Crippen LogP contribution in [0.25, 0.3) is 0 Å². The molecule has 1 aromatic rings. The van der Waals surface area contributed by atoms with E-state index in [1.54, 1.807) is 31.4 Å². The second kappa shape index (κ2) is 6.78. The van der Waals surface area contributed by atoms with Crippen LogP contribution in [0.4, 0.5) is 0 Å². The summed E-state index contributed by atoms with van der Waals surface area (Å²) in [6.45, 7) is 2.50. The van der Waals surface area contributed by atoms with Crippen molar-refractivity contribution in [1.29, 1.82) is 0 Å². The predicted octanol–water partition coefficient (Wildman–Crippen LogP) is 0.721. The Labute approximate surface area is 136 Å². The fourth-order valence-electron chi connectivity index (χ4n) is 3.49. The second-order valence-corrected chi connectivity index (χ2v) is 6.12. The lowest BCUT2D eigenvalue weighted by Crippen LogP contribution is -2.51. The number of methoxy groups -OCH3 is 1. The molecule has 0 spiro atoms. The molecule has 1 aromatic carbocycles. The van der Waals surface area contributed by atoms with E-state index in [1.165, 1.54) is 4.90 Å². The lowest BCUT2D eigenvalue weighted by Gasteiger charge is -2.38. The van der Waals surface area contributed by atoms with Gasteiger partial charge in [-0.05, 0) is 25.0 Å². The fraction of sp³-hybridized carbons (Fsp3) is 0.529.